The van der Waals surface area contributed by atoms with Crippen LogP contribution in [0.5, 0.6) is 11.5 Å². The summed E-state index contributed by atoms with van der Waals surface area (Å²) in [5.74, 6) is 1.89. The van der Waals surface area contributed by atoms with Crippen molar-refractivity contribution in [2.24, 2.45) is 0 Å². The van der Waals surface area contributed by atoms with Crippen molar-refractivity contribution in [3.05, 3.63) is 59.3 Å². The highest BCUT2D eigenvalue weighted by atomic mass is 16.5. The Bertz CT molecular complexity index is 1050. The van der Waals surface area contributed by atoms with Crippen LogP contribution in [0.1, 0.15) is 36.1 Å². The zero-order valence-electron chi connectivity index (χ0n) is 18.6. The predicted molar refractivity (Wildman–Crippen MR) is 123 cm³/mol. The minimum absolute atomic E-state index is 0.763. The maximum atomic E-state index is 5.99. The van der Waals surface area contributed by atoms with Crippen LogP contribution in [0.25, 0.3) is 16.9 Å². The second-order valence-electron chi connectivity index (χ2n) is 8.56. The number of hydrogen-bond donors (Lipinski definition) is 0. The number of aromatic nitrogens is 2. The van der Waals surface area contributed by atoms with Gasteiger partial charge in [-0.3, -0.25) is 0 Å². The van der Waals surface area contributed by atoms with Crippen LogP contribution in [-0.4, -0.2) is 48.0 Å². The van der Waals surface area contributed by atoms with Crippen LogP contribution in [0.3, 0.4) is 0 Å². The van der Waals surface area contributed by atoms with Crippen LogP contribution in [0.2, 0.25) is 0 Å². The van der Waals surface area contributed by atoms with Crippen molar-refractivity contribution in [1.82, 2.24) is 14.7 Å². The molecule has 5 rings (SSSR count). The van der Waals surface area contributed by atoms with Crippen LogP contribution in [0, 0.1) is 6.92 Å². The summed E-state index contributed by atoms with van der Waals surface area (Å²) in [6.45, 7) is 6.51. The zero-order chi connectivity index (χ0) is 21.2. The lowest BCUT2D eigenvalue weighted by Crippen LogP contribution is -2.21. The minimum Gasteiger partial charge on any atom is -0.496 e. The minimum atomic E-state index is 0.763. The van der Waals surface area contributed by atoms with Crippen molar-refractivity contribution in [1.29, 1.82) is 0 Å². The number of likely N-dealkylation sites (tertiary alicyclic amines) is 1. The molecular formula is C26H31N3O2. The summed E-state index contributed by atoms with van der Waals surface area (Å²) in [6, 6.07) is 14.6. The number of fused-ring (bicyclic) bond motifs is 3. The van der Waals surface area contributed by atoms with Gasteiger partial charge in [-0.05, 0) is 82.4 Å². The molecule has 5 nitrogen and oxygen atoms in total. The van der Waals surface area contributed by atoms with Crippen LogP contribution in [-0.2, 0) is 12.8 Å². The van der Waals surface area contributed by atoms with Crippen molar-refractivity contribution >= 4 is 0 Å². The summed E-state index contributed by atoms with van der Waals surface area (Å²) in [7, 11) is 1.75. The van der Waals surface area contributed by atoms with E-state index < -0.39 is 0 Å². The fourth-order valence-electron chi connectivity index (χ4n) is 4.98. The van der Waals surface area contributed by atoms with Crippen LogP contribution < -0.4 is 9.47 Å². The van der Waals surface area contributed by atoms with Gasteiger partial charge in [0.25, 0.3) is 0 Å². The first-order valence-electron chi connectivity index (χ1n) is 11.4. The molecule has 162 valence electrons. The number of ether oxygens (including phenoxy) is 2. The van der Waals surface area contributed by atoms with Gasteiger partial charge in [-0.1, -0.05) is 12.1 Å². The number of methoxy groups -OCH3 is 1. The topological polar surface area (TPSA) is 39.5 Å². The average molecular weight is 418 g/mol. The molecule has 1 aromatic heterocycles. The highest BCUT2D eigenvalue weighted by Gasteiger charge is 2.26. The molecule has 0 N–H and O–H groups in total. The molecule has 0 atom stereocenters. The van der Waals surface area contributed by atoms with E-state index in [2.05, 4.69) is 52.9 Å². The zero-order valence-corrected chi connectivity index (χ0v) is 18.6. The molecular weight excluding hydrogens is 386 g/mol. The quantitative estimate of drug-likeness (QED) is 0.517. The van der Waals surface area contributed by atoms with Gasteiger partial charge in [-0.2, -0.15) is 5.10 Å². The number of rotatable bonds is 7. The number of nitrogens with zero attached hydrogens (tertiary/aromatic N) is 3. The summed E-state index contributed by atoms with van der Waals surface area (Å²) < 4.78 is 13.7. The molecule has 2 heterocycles. The van der Waals surface area contributed by atoms with Gasteiger partial charge in [0.05, 0.1) is 30.8 Å². The van der Waals surface area contributed by atoms with Crippen molar-refractivity contribution in [3.8, 4) is 28.4 Å². The number of hydrogen-bond acceptors (Lipinski definition) is 4. The maximum absolute atomic E-state index is 5.99. The van der Waals surface area contributed by atoms with Crippen molar-refractivity contribution in [3.63, 3.8) is 0 Å². The lowest BCUT2D eigenvalue weighted by molar-refractivity contribution is 0.263. The molecule has 2 aliphatic rings. The summed E-state index contributed by atoms with van der Waals surface area (Å²) >= 11 is 0. The smallest absolute Gasteiger partial charge is 0.122 e. The van der Waals surface area contributed by atoms with E-state index in [-0.39, 0.29) is 0 Å². The molecule has 0 unspecified atom stereocenters. The SMILES string of the molecule is COc1cccc2c1CCc1c(C)nn(-c3ccc(OCCCN4CCCC4)cc3)c1-2. The van der Waals surface area contributed by atoms with Crippen molar-refractivity contribution < 1.29 is 9.47 Å². The van der Waals surface area contributed by atoms with Gasteiger partial charge in [0, 0.05) is 23.2 Å². The lowest BCUT2D eigenvalue weighted by Gasteiger charge is -2.21. The Morgan fingerprint density at radius 3 is 2.52 bits per heavy atom. The first-order chi connectivity index (χ1) is 15.2. The second kappa shape index (κ2) is 8.75. The van der Waals surface area contributed by atoms with Gasteiger partial charge < -0.3 is 14.4 Å². The lowest BCUT2D eigenvalue weighted by atomic mass is 9.88. The molecule has 5 heteroatoms. The third kappa shape index (κ3) is 3.94. The van der Waals surface area contributed by atoms with Crippen molar-refractivity contribution in [2.45, 2.75) is 39.0 Å². The summed E-state index contributed by atoms with van der Waals surface area (Å²) in [6.07, 6.45) is 5.74. The average Bonchev–Trinajstić information content (AvgIpc) is 3.45. The normalized spacial score (nSPS) is 15.5. The molecule has 0 radical (unpaired) electrons. The molecule has 3 aromatic rings. The van der Waals surface area contributed by atoms with E-state index in [4.69, 9.17) is 14.6 Å². The fourth-order valence-corrected chi connectivity index (χ4v) is 4.98. The molecule has 2 aromatic carbocycles. The number of aryl methyl sites for hydroxylation is 1. The van der Waals surface area contributed by atoms with Gasteiger partial charge in [0.15, 0.2) is 0 Å². The Morgan fingerprint density at radius 1 is 0.968 bits per heavy atom. The number of benzene rings is 2. The van der Waals surface area contributed by atoms with E-state index in [1.54, 1.807) is 7.11 Å². The highest BCUT2D eigenvalue weighted by Crippen LogP contribution is 2.40. The Kier molecular flexibility index (Phi) is 5.68. The highest BCUT2D eigenvalue weighted by molar-refractivity contribution is 5.75. The fraction of sp³-hybridized carbons (Fsp3) is 0.423. The second-order valence-corrected chi connectivity index (χ2v) is 8.56. The Morgan fingerprint density at radius 2 is 1.74 bits per heavy atom. The molecule has 0 spiro atoms. The van der Waals surface area contributed by atoms with E-state index in [1.165, 1.54) is 48.3 Å². The molecule has 1 aliphatic carbocycles. The molecule has 0 amide bonds. The summed E-state index contributed by atoms with van der Waals surface area (Å²) in [5, 5.41) is 4.90. The van der Waals surface area contributed by atoms with Gasteiger partial charge in [-0.15, -0.1) is 0 Å². The van der Waals surface area contributed by atoms with Crippen LogP contribution in [0.4, 0.5) is 0 Å². The van der Waals surface area contributed by atoms with Crippen LogP contribution >= 0.6 is 0 Å². The molecule has 0 saturated carbocycles. The third-order valence-electron chi connectivity index (χ3n) is 6.58. The Hall–Kier alpha value is -2.79. The van der Waals surface area contributed by atoms with E-state index in [9.17, 15) is 0 Å². The first-order valence-corrected chi connectivity index (χ1v) is 11.4. The molecule has 1 fully saturated rings. The van der Waals surface area contributed by atoms with Gasteiger partial charge in [-0.25, -0.2) is 4.68 Å². The molecule has 1 saturated heterocycles. The van der Waals surface area contributed by atoms with Crippen LogP contribution in [0.15, 0.2) is 42.5 Å². The summed E-state index contributed by atoms with van der Waals surface area (Å²) in [5.41, 5.74) is 7.19. The molecule has 0 bridgehead atoms. The van der Waals surface area contributed by atoms with Gasteiger partial charge in [0.1, 0.15) is 11.5 Å². The third-order valence-corrected chi connectivity index (χ3v) is 6.58. The molecule has 31 heavy (non-hydrogen) atoms. The van der Waals surface area contributed by atoms with E-state index in [1.807, 2.05) is 6.07 Å². The Balaban J connectivity index is 1.34. The standard InChI is InChI=1S/C26H31N3O2/c1-19-22-13-14-23-24(7-5-8-25(23)30-2)26(22)29(27-19)20-9-11-21(12-10-20)31-18-6-17-28-15-3-4-16-28/h5,7-12H,3-4,6,13-18H2,1-2H3. The van der Waals surface area contributed by atoms with Gasteiger partial charge >= 0.3 is 0 Å². The van der Waals surface area contributed by atoms with E-state index >= 15 is 0 Å². The monoisotopic (exact) mass is 417 g/mol. The largest absolute Gasteiger partial charge is 0.496 e. The van der Waals surface area contributed by atoms with E-state index in [0.717, 1.165) is 55.3 Å². The van der Waals surface area contributed by atoms with Gasteiger partial charge in [0.2, 0.25) is 0 Å². The summed E-state index contributed by atoms with van der Waals surface area (Å²) in [4.78, 5) is 2.53. The first kappa shape index (κ1) is 20.1. The predicted octanol–water partition coefficient (Wildman–Crippen LogP) is 4.82. The molecule has 1 aliphatic heterocycles. The van der Waals surface area contributed by atoms with E-state index in [0.29, 0.717) is 0 Å². The Labute approximate surface area is 184 Å². The van der Waals surface area contributed by atoms with Crippen molar-refractivity contribution in [2.75, 3.05) is 33.4 Å². The maximum Gasteiger partial charge on any atom is 0.122 e.